The molecule has 0 fully saturated rings. The van der Waals surface area contributed by atoms with Crippen molar-refractivity contribution in [3.05, 3.63) is 89.5 Å². The summed E-state index contributed by atoms with van der Waals surface area (Å²) in [6.45, 7) is 1.26. The van der Waals surface area contributed by atoms with E-state index in [1.807, 2.05) is 48.5 Å². The highest BCUT2D eigenvalue weighted by molar-refractivity contribution is 5.91. The molecule has 0 radical (unpaired) electrons. The van der Waals surface area contributed by atoms with Crippen molar-refractivity contribution >= 4 is 11.6 Å². The van der Waals surface area contributed by atoms with Gasteiger partial charge in [-0.25, -0.2) is 0 Å². The molecule has 3 aromatic rings. The van der Waals surface area contributed by atoms with Gasteiger partial charge in [-0.1, -0.05) is 48.5 Å². The lowest BCUT2D eigenvalue weighted by atomic mass is 9.87. The Labute approximate surface area is 177 Å². The Kier molecular flexibility index (Phi) is 6.00. The molecular formula is C25H27N2O3+. The second-order valence-electron chi connectivity index (χ2n) is 7.50. The van der Waals surface area contributed by atoms with Crippen LogP contribution in [0, 0.1) is 0 Å². The summed E-state index contributed by atoms with van der Waals surface area (Å²) in [7, 11) is 3.32. The first-order chi connectivity index (χ1) is 14.7. The van der Waals surface area contributed by atoms with Crippen molar-refractivity contribution in [1.82, 2.24) is 0 Å². The minimum Gasteiger partial charge on any atom is -0.493 e. The van der Waals surface area contributed by atoms with E-state index in [-0.39, 0.29) is 11.9 Å². The van der Waals surface area contributed by atoms with Crippen molar-refractivity contribution in [2.45, 2.75) is 12.5 Å². The molecule has 30 heavy (non-hydrogen) atoms. The van der Waals surface area contributed by atoms with Gasteiger partial charge in [-0.3, -0.25) is 4.79 Å². The monoisotopic (exact) mass is 403 g/mol. The Morgan fingerprint density at radius 3 is 2.27 bits per heavy atom. The molecular weight excluding hydrogens is 376 g/mol. The zero-order chi connectivity index (χ0) is 20.9. The SMILES string of the molecule is COc1cc2c(cc1OC)[C@H](c1ccccc1)[NH+](CC(=O)Nc1ccccc1)CC2. The van der Waals surface area contributed by atoms with E-state index >= 15 is 0 Å². The van der Waals surface area contributed by atoms with Gasteiger partial charge in [-0.15, -0.1) is 0 Å². The highest BCUT2D eigenvalue weighted by atomic mass is 16.5. The van der Waals surface area contributed by atoms with Crippen LogP contribution in [0.2, 0.25) is 0 Å². The number of anilines is 1. The van der Waals surface area contributed by atoms with E-state index < -0.39 is 0 Å². The van der Waals surface area contributed by atoms with Gasteiger partial charge >= 0.3 is 0 Å². The van der Waals surface area contributed by atoms with Crippen LogP contribution in [0.4, 0.5) is 5.69 Å². The Morgan fingerprint density at radius 1 is 0.967 bits per heavy atom. The summed E-state index contributed by atoms with van der Waals surface area (Å²) in [4.78, 5) is 14.0. The number of hydrogen-bond acceptors (Lipinski definition) is 3. The molecule has 1 unspecified atom stereocenters. The predicted molar refractivity (Wildman–Crippen MR) is 117 cm³/mol. The lowest BCUT2D eigenvalue weighted by molar-refractivity contribution is -0.919. The number of amides is 1. The van der Waals surface area contributed by atoms with Crippen LogP contribution in [-0.2, 0) is 11.2 Å². The zero-order valence-electron chi connectivity index (χ0n) is 17.4. The van der Waals surface area contributed by atoms with E-state index in [2.05, 4.69) is 29.6 Å². The summed E-state index contributed by atoms with van der Waals surface area (Å²) in [5.74, 6) is 1.47. The van der Waals surface area contributed by atoms with Gasteiger partial charge < -0.3 is 19.7 Å². The first-order valence-corrected chi connectivity index (χ1v) is 10.2. The van der Waals surface area contributed by atoms with Crippen LogP contribution in [0.3, 0.4) is 0 Å². The van der Waals surface area contributed by atoms with Crippen molar-refractivity contribution in [2.75, 3.05) is 32.6 Å². The van der Waals surface area contributed by atoms with Crippen LogP contribution in [0.15, 0.2) is 72.8 Å². The fraction of sp³-hybridized carbons (Fsp3) is 0.240. The molecule has 0 saturated heterocycles. The number of carbonyl (C=O) groups excluding carboxylic acids is 1. The number of quaternary nitrogens is 1. The minimum absolute atomic E-state index is 0.0149. The number of hydrogen-bond donors (Lipinski definition) is 2. The molecule has 5 heteroatoms. The quantitative estimate of drug-likeness (QED) is 0.666. The number of carbonyl (C=O) groups is 1. The Hall–Kier alpha value is -3.31. The maximum absolute atomic E-state index is 12.8. The molecule has 4 rings (SSSR count). The maximum atomic E-state index is 12.8. The van der Waals surface area contributed by atoms with Gasteiger partial charge in [-0.2, -0.15) is 0 Å². The highest BCUT2D eigenvalue weighted by Crippen LogP contribution is 2.36. The average molecular weight is 404 g/mol. The van der Waals surface area contributed by atoms with E-state index in [0.29, 0.717) is 12.3 Å². The number of ether oxygens (including phenoxy) is 2. The number of methoxy groups -OCH3 is 2. The van der Waals surface area contributed by atoms with Crippen LogP contribution in [0.5, 0.6) is 11.5 Å². The van der Waals surface area contributed by atoms with Gasteiger partial charge in [0.05, 0.1) is 20.8 Å². The van der Waals surface area contributed by atoms with Gasteiger partial charge in [0.1, 0.15) is 6.04 Å². The largest absolute Gasteiger partial charge is 0.493 e. The Morgan fingerprint density at radius 2 is 1.60 bits per heavy atom. The molecule has 3 aromatic carbocycles. The average Bonchev–Trinajstić information content (AvgIpc) is 2.79. The fourth-order valence-corrected chi connectivity index (χ4v) is 4.27. The maximum Gasteiger partial charge on any atom is 0.279 e. The van der Waals surface area contributed by atoms with Gasteiger partial charge in [0.2, 0.25) is 0 Å². The molecule has 0 aliphatic carbocycles. The first-order valence-electron chi connectivity index (χ1n) is 10.2. The van der Waals surface area contributed by atoms with E-state index in [0.717, 1.165) is 24.4 Å². The lowest BCUT2D eigenvalue weighted by Gasteiger charge is -2.34. The summed E-state index contributed by atoms with van der Waals surface area (Å²) in [5, 5.41) is 3.02. The number of benzene rings is 3. The number of para-hydroxylation sites is 1. The molecule has 0 saturated carbocycles. The fourth-order valence-electron chi connectivity index (χ4n) is 4.27. The van der Waals surface area contributed by atoms with Crippen molar-refractivity contribution in [3.8, 4) is 11.5 Å². The first kappa shape index (κ1) is 20.0. The Bertz CT molecular complexity index is 1010. The third-order valence-corrected chi connectivity index (χ3v) is 5.66. The summed E-state index contributed by atoms with van der Waals surface area (Å²) in [6.07, 6.45) is 0.882. The van der Waals surface area contributed by atoms with Crippen molar-refractivity contribution in [2.24, 2.45) is 0 Å². The molecule has 0 aromatic heterocycles. The predicted octanol–water partition coefficient (Wildman–Crippen LogP) is 2.87. The second kappa shape index (κ2) is 9.01. The molecule has 0 spiro atoms. The van der Waals surface area contributed by atoms with Crippen LogP contribution < -0.4 is 19.7 Å². The zero-order valence-corrected chi connectivity index (χ0v) is 17.4. The summed E-state index contributed by atoms with van der Waals surface area (Å²) in [5.41, 5.74) is 4.44. The van der Waals surface area contributed by atoms with E-state index in [1.54, 1.807) is 14.2 Å². The van der Waals surface area contributed by atoms with Gasteiger partial charge in [0.15, 0.2) is 18.0 Å². The smallest absolute Gasteiger partial charge is 0.279 e. The topological polar surface area (TPSA) is 52.0 Å². The molecule has 2 atom stereocenters. The molecule has 0 bridgehead atoms. The molecule has 2 N–H and O–H groups in total. The van der Waals surface area contributed by atoms with Crippen LogP contribution in [0.1, 0.15) is 22.7 Å². The van der Waals surface area contributed by atoms with E-state index in [4.69, 9.17) is 9.47 Å². The molecule has 1 aliphatic rings. The summed E-state index contributed by atoms with van der Waals surface area (Å²) < 4.78 is 11.1. The molecule has 1 amide bonds. The van der Waals surface area contributed by atoms with E-state index in [1.165, 1.54) is 21.6 Å². The van der Waals surface area contributed by atoms with Gasteiger partial charge in [-0.05, 0) is 29.8 Å². The number of nitrogens with one attached hydrogen (secondary N) is 2. The Balaban J connectivity index is 1.66. The third-order valence-electron chi connectivity index (χ3n) is 5.66. The highest BCUT2D eigenvalue weighted by Gasteiger charge is 2.34. The molecule has 1 heterocycles. The number of rotatable bonds is 6. The molecule has 1 aliphatic heterocycles. The van der Waals surface area contributed by atoms with Crippen molar-refractivity contribution in [1.29, 1.82) is 0 Å². The molecule has 5 nitrogen and oxygen atoms in total. The number of fused-ring (bicyclic) bond motifs is 1. The summed E-state index contributed by atoms with van der Waals surface area (Å²) >= 11 is 0. The van der Waals surface area contributed by atoms with Crippen LogP contribution >= 0.6 is 0 Å². The van der Waals surface area contributed by atoms with Crippen LogP contribution in [-0.4, -0.2) is 33.2 Å². The van der Waals surface area contributed by atoms with Gasteiger partial charge in [0.25, 0.3) is 5.91 Å². The minimum atomic E-state index is 0.0149. The van der Waals surface area contributed by atoms with E-state index in [9.17, 15) is 4.79 Å². The normalized spacial score (nSPS) is 17.7. The third kappa shape index (κ3) is 4.16. The van der Waals surface area contributed by atoms with Crippen molar-refractivity contribution < 1.29 is 19.2 Å². The summed E-state index contributed by atoms with van der Waals surface area (Å²) in [6, 6.07) is 24.2. The van der Waals surface area contributed by atoms with Crippen molar-refractivity contribution in [3.63, 3.8) is 0 Å². The second-order valence-corrected chi connectivity index (χ2v) is 7.50. The lowest BCUT2D eigenvalue weighted by Crippen LogP contribution is -3.14. The van der Waals surface area contributed by atoms with Gasteiger partial charge in [0, 0.05) is 23.2 Å². The molecule has 154 valence electrons. The standard InChI is InChI=1S/C25H26N2O3/c1-29-22-15-19-13-14-27(17-24(28)26-20-11-7-4-8-12-20)25(18-9-5-3-6-10-18)21(19)16-23(22)30-2/h3-12,15-16,25H,13-14,17H2,1-2H3,(H,26,28)/p+1/t25-/m0/s1. The van der Waals surface area contributed by atoms with Crippen LogP contribution in [0.25, 0.3) is 0 Å².